The molecule has 1 aromatic rings. The van der Waals surface area contributed by atoms with E-state index < -0.39 is 0 Å². The van der Waals surface area contributed by atoms with Crippen molar-refractivity contribution in [3.05, 3.63) is 0 Å². The van der Waals surface area contributed by atoms with Crippen LogP contribution in [0.1, 0.15) is 27.7 Å². The minimum Gasteiger partial charge on any atom is -0.461 e. The van der Waals surface area contributed by atoms with Gasteiger partial charge in [0.05, 0.1) is 12.7 Å². The van der Waals surface area contributed by atoms with Crippen LogP contribution in [0.3, 0.4) is 0 Å². The molecule has 0 aliphatic rings. The zero-order valence-corrected chi connectivity index (χ0v) is 12.1. The zero-order chi connectivity index (χ0) is 14.3. The molecule has 7 nitrogen and oxygen atoms in total. The number of ether oxygens (including phenoxy) is 1. The van der Waals surface area contributed by atoms with Gasteiger partial charge in [0.1, 0.15) is 0 Å². The Bertz CT molecular complexity index is 386. The lowest BCUT2D eigenvalue weighted by molar-refractivity contribution is 0.222. The Morgan fingerprint density at radius 1 is 1.26 bits per heavy atom. The van der Waals surface area contributed by atoms with Crippen molar-refractivity contribution in [1.29, 1.82) is 0 Å². The summed E-state index contributed by atoms with van der Waals surface area (Å²) < 4.78 is 5.52. The summed E-state index contributed by atoms with van der Waals surface area (Å²) in [4.78, 5) is 14.7. The molecule has 7 heteroatoms. The molecule has 2 N–H and O–H groups in total. The third-order valence-corrected chi connectivity index (χ3v) is 2.31. The lowest BCUT2D eigenvalue weighted by Gasteiger charge is -2.20. The van der Waals surface area contributed by atoms with Gasteiger partial charge in [-0.3, -0.25) is 0 Å². The van der Waals surface area contributed by atoms with Crippen molar-refractivity contribution in [3.63, 3.8) is 0 Å². The van der Waals surface area contributed by atoms with Crippen LogP contribution in [0.25, 0.3) is 0 Å². The van der Waals surface area contributed by atoms with Gasteiger partial charge >= 0.3 is 6.01 Å². The lowest BCUT2D eigenvalue weighted by atomic mass is 10.5. The number of aliphatic hydroxyl groups excluding tert-OH is 1. The summed E-state index contributed by atoms with van der Waals surface area (Å²) in [5, 5.41) is 12.1. The molecule has 0 aliphatic carbocycles. The van der Waals surface area contributed by atoms with Gasteiger partial charge in [-0.15, -0.1) is 0 Å². The molecule has 0 spiro atoms. The van der Waals surface area contributed by atoms with Gasteiger partial charge < -0.3 is 20.1 Å². The Labute approximate surface area is 114 Å². The molecule has 0 saturated carbocycles. The van der Waals surface area contributed by atoms with E-state index in [-0.39, 0.29) is 12.7 Å². The van der Waals surface area contributed by atoms with Crippen LogP contribution in [0.2, 0.25) is 0 Å². The first kappa shape index (κ1) is 15.4. The fourth-order valence-electron chi connectivity index (χ4n) is 1.51. The van der Waals surface area contributed by atoms with E-state index in [1.807, 2.05) is 32.6 Å². The maximum Gasteiger partial charge on any atom is 0.323 e. The molecule has 0 bridgehead atoms. The van der Waals surface area contributed by atoms with Crippen molar-refractivity contribution in [3.8, 4) is 6.01 Å². The van der Waals surface area contributed by atoms with Gasteiger partial charge in [0, 0.05) is 19.6 Å². The van der Waals surface area contributed by atoms with Gasteiger partial charge in [-0.25, -0.2) is 0 Å². The predicted octanol–water partition coefficient (Wildman–Crippen LogP) is 0.909. The first-order chi connectivity index (χ1) is 9.10. The highest BCUT2D eigenvalue weighted by molar-refractivity contribution is 5.38. The highest BCUT2D eigenvalue weighted by atomic mass is 16.5. The van der Waals surface area contributed by atoms with Crippen LogP contribution < -0.4 is 15.0 Å². The van der Waals surface area contributed by atoms with Crippen LogP contribution in [0, 0.1) is 0 Å². The summed E-state index contributed by atoms with van der Waals surface area (Å²) in [6.45, 7) is 9.74. The molecule has 0 saturated heterocycles. The van der Waals surface area contributed by atoms with Crippen molar-refractivity contribution in [1.82, 2.24) is 15.0 Å². The number of likely N-dealkylation sites (N-methyl/N-ethyl adjacent to an activating group) is 1. The molecule has 0 aromatic carbocycles. The second kappa shape index (κ2) is 7.73. The van der Waals surface area contributed by atoms with E-state index in [9.17, 15) is 0 Å². The largest absolute Gasteiger partial charge is 0.461 e. The van der Waals surface area contributed by atoms with Gasteiger partial charge in [-0.1, -0.05) is 0 Å². The van der Waals surface area contributed by atoms with Crippen molar-refractivity contribution in [2.24, 2.45) is 0 Å². The normalized spacial score (nSPS) is 10.6. The summed E-state index contributed by atoms with van der Waals surface area (Å²) in [6, 6.07) is 0.298. The summed E-state index contributed by atoms with van der Waals surface area (Å²) in [7, 11) is 0. The lowest BCUT2D eigenvalue weighted by Crippen LogP contribution is -2.29. The number of hydrogen-bond acceptors (Lipinski definition) is 7. The van der Waals surface area contributed by atoms with Crippen LogP contribution >= 0.6 is 0 Å². The first-order valence-corrected chi connectivity index (χ1v) is 6.63. The molecule has 0 fully saturated rings. The van der Waals surface area contributed by atoms with E-state index >= 15 is 0 Å². The maximum absolute atomic E-state index is 9.06. The molecule has 0 aliphatic heterocycles. The highest BCUT2D eigenvalue weighted by Crippen LogP contribution is 2.15. The van der Waals surface area contributed by atoms with Gasteiger partial charge in [-0.05, 0) is 27.7 Å². The summed E-state index contributed by atoms with van der Waals surface area (Å²) in [6.07, 6.45) is -0.00218. The van der Waals surface area contributed by atoms with Gasteiger partial charge in [-0.2, -0.15) is 15.0 Å². The smallest absolute Gasteiger partial charge is 0.323 e. The quantitative estimate of drug-likeness (QED) is 0.725. The van der Waals surface area contributed by atoms with Crippen molar-refractivity contribution >= 4 is 11.9 Å². The second-order valence-corrected chi connectivity index (χ2v) is 4.24. The number of nitrogens with one attached hydrogen (secondary N) is 1. The highest BCUT2D eigenvalue weighted by Gasteiger charge is 2.13. The molecule has 1 rings (SSSR count). The van der Waals surface area contributed by atoms with Gasteiger partial charge in [0.15, 0.2) is 0 Å². The number of aromatic nitrogens is 3. The standard InChI is InChI=1S/C12H23N5O2/c1-5-13-10-14-11(17(6-2)7-8-18)16-12(15-10)19-9(3)4/h9,18H,5-8H2,1-4H3,(H,13,14,15,16). The number of nitrogens with zero attached hydrogens (tertiary/aromatic N) is 4. The Morgan fingerprint density at radius 2 is 2.00 bits per heavy atom. The molecule has 0 radical (unpaired) electrons. The minimum absolute atomic E-state index is 0.00218. The van der Waals surface area contributed by atoms with E-state index in [0.717, 1.165) is 6.54 Å². The van der Waals surface area contributed by atoms with Crippen LogP contribution in [-0.4, -0.2) is 52.4 Å². The van der Waals surface area contributed by atoms with E-state index in [4.69, 9.17) is 9.84 Å². The number of aliphatic hydroxyl groups is 1. The Morgan fingerprint density at radius 3 is 2.53 bits per heavy atom. The van der Waals surface area contributed by atoms with Crippen LogP contribution in [-0.2, 0) is 0 Å². The molecule has 19 heavy (non-hydrogen) atoms. The van der Waals surface area contributed by atoms with Crippen molar-refractivity contribution < 1.29 is 9.84 Å². The average molecular weight is 269 g/mol. The maximum atomic E-state index is 9.06. The molecule has 108 valence electrons. The third-order valence-electron chi connectivity index (χ3n) is 2.31. The number of hydrogen-bond donors (Lipinski definition) is 2. The second-order valence-electron chi connectivity index (χ2n) is 4.24. The minimum atomic E-state index is -0.00218. The summed E-state index contributed by atoms with van der Waals surface area (Å²) in [5.41, 5.74) is 0. The molecule has 1 aromatic heterocycles. The molecule has 0 unspecified atom stereocenters. The molecule has 0 amide bonds. The van der Waals surface area contributed by atoms with Crippen LogP contribution in [0.4, 0.5) is 11.9 Å². The Kier molecular flexibility index (Phi) is 6.27. The number of rotatable bonds is 8. The number of anilines is 2. The molecular formula is C12H23N5O2. The van der Waals surface area contributed by atoms with Crippen LogP contribution in [0.15, 0.2) is 0 Å². The van der Waals surface area contributed by atoms with E-state index in [0.29, 0.717) is 31.0 Å². The predicted molar refractivity (Wildman–Crippen MR) is 74.7 cm³/mol. The first-order valence-electron chi connectivity index (χ1n) is 6.63. The monoisotopic (exact) mass is 269 g/mol. The van der Waals surface area contributed by atoms with E-state index in [2.05, 4.69) is 20.3 Å². The SMILES string of the molecule is CCNc1nc(OC(C)C)nc(N(CC)CCO)n1. The Hall–Kier alpha value is -1.63. The molecule has 1 heterocycles. The average Bonchev–Trinajstić information content (AvgIpc) is 2.35. The molecule has 0 atom stereocenters. The summed E-state index contributed by atoms with van der Waals surface area (Å²) in [5.74, 6) is 0.998. The van der Waals surface area contributed by atoms with Crippen molar-refractivity contribution in [2.75, 3.05) is 36.5 Å². The topological polar surface area (TPSA) is 83.4 Å². The fraction of sp³-hybridized carbons (Fsp3) is 0.750. The van der Waals surface area contributed by atoms with Gasteiger partial charge in [0.25, 0.3) is 0 Å². The fourth-order valence-corrected chi connectivity index (χ4v) is 1.51. The third kappa shape index (κ3) is 4.86. The molecular weight excluding hydrogens is 246 g/mol. The van der Waals surface area contributed by atoms with Crippen LogP contribution in [0.5, 0.6) is 6.01 Å². The van der Waals surface area contributed by atoms with E-state index in [1.165, 1.54) is 0 Å². The van der Waals surface area contributed by atoms with Crippen molar-refractivity contribution in [2.45, 2.75) is 33.8 Å². The Balaban J connectivity index is 3.03. The van der Waals surface area contributed by atoms with E-state index in [1.54, 1.807) is 0 Å². The summed E-state index contributed by atoms with van der Waals surface area (Å²) >= 11 is 0. The van der Waals surface area contributed by atoms with Gasteiger partial charge in [0.2, 0.25) is 11.9 Å². The zero-order valence-electron chi connectivity index (χ0n) is 12.1.